The van der Waals surface area contributed by atoms with Gasteiger partial charge in [0.2, 0.25) is 11.8 Å². The van der Waals surface area contributed by atoms with E-state index in [1.54, 1.807) is 25.1 Å². The highest BCUT2D eigenvalue weighted by Gasteiger charge is 2.32. The summed E-state index contributed by atoms with van der Waals surface area (Å²) in [6, 6.07) is 19.4. The second-order valence-electron chi connectivity index (χ2n) is 9.27. The highest BCUT2D eigenvalue weighted by Crippen LogP contribution is 2.26. The fraction of sp³-hybridized carbons (Fsp3) is 0.310. The van der Waals surface area contributed by atoms with Crippen molar-refractivity contribution in [1.82, 2.24) is 10.2 Å². The normalized spacial score (nSPS) is 12.0. The maximum Gasteiger partial charge on any atom is 0.264 e. The van der Waals surface area contributed by atoms with Crippen molar-refractivity contribution in [2.75, 3.05) is 17.4 Å². The van der Waals surface area contributed by atoms with Crippen molar-refractivity contribution in [3.8, 4) is 0 Å². The molecular formula is C29H33BrClN3O4S. The molecule has 0 radical (unpaired) electrons. The van der Waals surface area contributed by atoms with Gasteiger partial charge in [-0.3, -0.25) is 13.9 Å². The minimum absolute atomic E-state index is 0.00558. The number of hydrogen-bond donors (Lipinski definition) is 1. The molecule has 208 valence electrons. The number of rotatable bonds is 12. The molecule has 0 aromatic heterocycles. The summed E-state index contributed by atoms with van der Waals surface area (Å²) in [6.07, 6.45) is 1.74. The average Bonchev–Trinajstić information content (AvgIpc) is 2.91. The molecule has 0 unspecified atom stereocenters. The maximum absolute atomic E-state index is 13.9. The Morgan fingerprint density at radius 3 is 2.31 bits per heavy atom. The van der Waals surface area contributed by atoms with Gasteiger partial charge >= 0.3 is 0 Å². The number of nitrogens with one attached hydrogen (secondary N) is 1. The van der Waals surface area contributed by atoms with Crippen LogP contribution in [0, 0.1) is 6.92 Å². The van der Waals surface area contributed by atoms with Crippen molar-refractivity contribution in [2.24, 2.45) is 0 Å². The van der Waals surface area contributed by atoms with E-state index < -0.39 is 28.5 Å². The van der Waals surface area contributed by atoms with Gasteiger partial charge in [-0.15, -0.1) is 0 Å². The Morgan fingerprint density at radius 1 is 1.03 bits per heavy atom. The quantitative estimate of drug-likeness (QED) is 0.250. The molecule has 3 aromatic carbocycles. The lowest BCUT2D eigenvalue weighted by Gasteiger charge is -2.32. The van der Waals surface area contributed by atoms with E-state index in [2.05, 4.69) is 21.2 Å². The van der Waals surface area contributed by atoms with Gasteiger partial charge in [-0.1, -0.05) is 65.1 Å². The first kappa shape index (κ1) is 30.7. The zero-order valence-corrected chi connectivity index (χ0v) is 25.4. The first-order chi connectivity index (χ1) is 18.5. The maximum atomic E-state index is 13.9. The minimum Gasteiger partial charge on any atom is -0.354 e. The van der Waals surface area contributed by atoms with Gasteiger partial charge < -0.3 is 10.2 Å². The first-order valence-electron chi connectivity index (χ1n) is 12.7. The number of amides is 2. The van der Waals surface area contributed by atoms with Crippen LogP contribution >= 0.6 is 27.5 Å². The standard InChI is InChI=1S/C29H33BrClN3O4S/c1-4-5-17-32-29(36)22(3)33(19-23-9-11-24(30)12-10-23)28(35)20-34(26-8-6-7-21(2)18-26)39(37,38)27-15-13-25(31)14-16-27/h6-16,18,22H,4-5,17,19-20H2,1-3H3,(H,32,36)/t22-/m0/s1. The molecule has 0 bridgehead atoms. The van der Waals surface area contributed by atoms with E-state index in [0.717, 1.165) is 32.7 Å². The molecule has 0 saturated heterocycles. The van der Waals surface area contributed by atoms with Crippen LogP contribution in [0.4, 0.5) is 5.69 Å². The number of anilines is 1. The van der Waals surface area contributed by atoms with Crippen molar-refractivity contribution in [3.63, 3.8) is 0 Å². The van der Waals surface area contributed by atoms with Crippen LogP contribution in [0.15, 0.2) is 82.2 Å². The van der Waals surface area contributed by atoms with Crippen LogP contribution in [0.2, 0.25) is 5.02 Å². The number of halogens is 2. The highest BCUT2D eigenvalue weighted by atomic mass is 79.9. The van der Waals surface area contributed by atoms with Crippen LogP contribution < -0.4 is 9.62 Å². The summed E-state index contributed by atoms with van der Waals surface area (Å²) in [7, 11) is -4.14. The van der Waals surface area contributed by atoms with Gasteiger partial charge in [0.25, 0.3) is 10.0 Å². The van der Waals surface area contributed by atoms with Crippen molar-refractivity contribution >= 4 is 55.1 Å². The number of carbonyl (C=O) groups excluding carboxylic acids is 2. The molecule has 10 heteroatoms. The summed E-state index contributed by atoms with van der Waals surface area (Å²) >= 11 is 9.41. The fourth-order valence-corrected chi connectivity index (χ4v) is 5.75. The molecule has 39 heavy (non-hydrogen) atoms. The molecule has 1 N–H and O–H groups in total. The smallest absolute Gasteiger partial charge is 0.264 e. The van der Waals surface area contributed by atoms with Crippen LogP contribution in [0.25, 0.3) is 0 Å². The molecule has 3 aromatic rings. The average molecular weight is 635 g/mol. The molecule has 0 aliphatic carbocycles. The van der Waals surface area contributed by atoms with Crippen LogP contribution in [0.5, 0.6) is 0 Å². The number of aryl methyl sites for hydroxylation is 1. The third-order valence-corrected chi connectivity index (χ3v) is 8.80. The number of benzene rings is 3. The molecule has 0 spiro atoms. The highest BCUT2D eigenvalue weighted by molar-refractivity contribution is 9.10. The molecule has 7 nitrogen and oxygen atoms in total. The van der Waals surface area contributed by atoms with Gasteiger partial charge in [0.15, 0.2) is 0 Å². The Labute approximate surface area is 244 Å². The number of unbranched alkanes of at least 4 members (excludes halogenated alkanes) is 1. The molecular weight excluding hydrogens is 602 g/mol. The van der Waals surface area contributed by atoms with Crippen molar-refractivity contribution in [2.45, 2.75) is 51.1 Å². The van der Waals surface area contributed by atoms with E-state index in [1.807, 2.05) is 44.2 Å². The summed E-state index contributed by atoms with van der Waals surface area (Å²) in [5.41, 5.74) is 2.00. The zero-order chi connectivity index (χ0) is 28.6. The van der Waals surface area contributed by atoms with Gasteiger partial charge in [-0.25, -0.2) is 8.42 Å². The molecule has 0 saturated carbocycles. The SMILES string of the molecule is CCCCNC(=O)[C@H](C)N(Cc1ccc(Br)cc1)C(=O)CN(c1cccc(C)c1)S(=O)(=O)c1ccc(Cl)cc1. The van der Waals surface area contributed by atoms with Gasteiger partial charge in [0.05, 0.1) is 10.6 Å². The van der Waals surface area contributed by atoms with Gasteiger partial charge in [0, 0.05) is 22.6 Å². The number of hydrogen-bond acceptors (Lipinski definition) is 4. The second kappa shape index (κ2) is 14.0. The Balaban J connectivity index is 1.99. The van der Waals surface area contributed by atoms with Crippen LogP contribution in [-0.4, -0.2) is 44.3 Å². The predicted molar refractivity (Wildman–Crippen MR) is 159 cm³/mol. The molecule has 0 aliphatic heterocycles. The van der Waals surface area contributed by atoms with Gasteiger partial charge in [-0.2, -0.15) is 0 Å². The summed E-state index contributed by atoms with van der Waals surface area (Å²) in [5, 5.41) is 3.28. The molecule has 0 heterocycles. The van der Waals surface area contributed by atoms with E-state index in [4.69, 9.17) is 11.6 Å². The molecule has 0 aliphatic rings. The molecule has 2 amide bonds. The zero-order valence-electron chi connectivity index (χ0n) is 22.2. The van der Waals surface area contributed by atoms with Crippen molar-refractivity contribution < 1.29 is 18.0 Å². The molecule has 3 rings (SSSR count). The van der Waals surface area contributed by atoms with Crippen LogP contribution in [0.3, 0.4) is 0 Å². The predicted octanol–water partition coefficient (Wildman–Crippen LogP) is 5.94. The summed E-state index contributed by atoms with van der Waals surface area (Å²) < 4.78 is 29.6. The molecule has 1 atom stereocenters. The minimum atomic E-state index is -4.14. The third-order valence-electron chi connectivity index (χ3n) is 6.23. The van der Waals surface area contributed by atoms with Crippen molar-refractivity contribution in [1.29, 1.82) is 0 Å². The Kier molecular flexibility index (Phi) is 11.0. The van der Waals surface area contributed by atoms with Gasteiger partial charge in [0.1, 0.15) is 12.6 Å². The monoisotopic (exact) mass is 633 g/mol. The Morgan fingerprint density at radius 2 is 1.69 bits per heavy atom. The number of carbonyl (C=O) groups is 2. The third kappa shape index (κ3) is 8.30. The van der Waals surface area contributed by atoms with Gasteiger partial charge in [-0.05, 0) is 79.9 Å². The largest absolute Gasteiger partial charge is 0.354 e. The Bertz CT molecular complexity index is 1380. The van der Waals surface area contributed by atoms with E-state index >= 15 is 0 Å². The topological polar surface area (TPSA) is 86.8 Å². The first-order valence-corrected chi connectivity index (χ1v) is 15.3. The lowest BCUT2D eigenvalue weighted by Crippen LogP contribution is -2.51. The lowest BCUT2D eigenvalue weighted by atomic mass is 10.1. The fourth-order valence-electron chi connectivity index (χ4n) is 3.95. The molecule has 0 fully saturated rings. The summed E-state index contributed by atoms with van der Waals surface area (Å²) in [5.74, 6) is -0.799. The van der Waals surface area contributed by atoms with E-state index in [1.165, 1.54) is 29.2 Å². The van der Waals surface area contributed by atoms with Crippen LogP contribution in [-0.2, 0) is 26.2 Å². The number of nitrogens with zero attached hydrogens (tertiary/aromatic N) is 2. The van der Waals surface area contributed by atoms with Crippen LogP contribution in [0.1, 0.15) is 37.8 Å². The summed E-state index contributed by atoms with van der Waals surface area (Å²) in [6.45, 7) is 5.68. The van der Waals surface area contributed by atoms with E-state index in [-0.39, 0.29) is 17.3 Å². The van der Waals surface area contributed by atoms with E-state index in [9.17, 15) is 18.0 Å². The Hall–Kier alpha value is -2.88. The lowest BCUT2D eigenvalue weighted by molar-refractivity contribution is -0.139. The van der Waals surface area contributed by atoms with Crippen molar-refractivity contribution in [3.05, 3.63) is 93.4 Å². The number of sulfonamides is 1. The summed E-state index contributed by atoms with van der Waals surface area (Å²) in [4.78, 5) is 28.3. The second-order valence-corrected chi connectivity index (χ2v) is 12.5. The van der Waals surface area contributed by atoms with E-state index in [0.29, 0.717) is 17.3 Å².